The third-order valence-electron chi connectivity index (χ3n) is 3.26. The third kappa shape index (κ3) is 3.41. The van der Waals surface area contributed by atoms with E-state index in [0.29, 0.717) is 23.4 Å². The highest BCUT2D eigenvalue weighted by atomic mass is 35.5. The van der Waals surface area contributed by atoms with Crippen molar-refractivity contribution in [1.82, 2.24) is 5.16 Å². The van der Waals surface area contributed by atoms with Gasteiger partial charge < -0.3 is 18.4 Å². The van der Waals surface area contributed by atoms with Gasteiger partial charge in [-0.05, 0) is 17.3 Å². The van der Waals surface area contributed by atoms with Gasteiger partial charge in [0.25, 0.3) is 5.88 Å². The number of carbonyl (C=O) groups excluding carboxylic acids is 1. The van der Waals surface area contributed by atoms with Crippen LogP contribution in [-0.4, -0.2) is 18.2 Å². The summed E-state index contributed by atoms with van der Waals surface area (Å²) in [5.74, 6) is 0.679. The van der Waals surface area contributed by atoms with Gasteiger partial charge in [0, 0.05) is 18.6 Å². The molecule has 124 valence electrons. The number of esters is 1. The van der Waals surface area contributed by atoms with Gasteiger partial charge in [0.2, 0.25) is 5.43 Å². The first-order chi connectivity index (χ1) is 11.6. The fourth-order valence-electron chi connectivity index (χ4n) is 2.06. The second-order valence-corrected chi connectivity index (χ2v) is 5.29. The third-order valence-corrected chi connectivity index (χ3v) is 3.52. The number of aromatic nitrogens is 1. The van der Waals surface area contributed by atoms with Crippen LogP contribution in [0.15, 0.2) is 44.3 Å². The lowest BCUT2D eigenvalue weighted by atomic mass is 10.2. The average Bonchev–Trinajstić information content (AvgIpc) is 3.05. The number of halogens is 1. The smallest absolute Gasteiger partial charge is 0.311 e. The fourth-order valence-corrected chi connectivity index (χ4v) is 2.21. The van der Waals surface area contributed by atoms with Crippen molar-refractivity contribution in [3.8, 4) is 11.6 Å². The summed E-state index contributed by atoms with van der Waals surface area (Å²) in [6, 6.07) is 6.06. The maximum Gasteiger partial charge on any atom is 0.311 e. The van der Waals surface area contributed by atoms with Crippen molar-refractivity contribution in [2.24, 2.45) is 0 Å². The molecule has 0 radical (unpaired) electrons. The van der Waals surface area contributed by atoms with Crippen LogP contribution >= 0.6 is 11.6 Å². The zero-order valence-corrected chi connectivity index (χ0v) is 13.3. The van der Waals surface area contributed by atoms with E-state index < -0.39 is 5.97 Å². The van der Waals surface area contributed by atoms with Crippen molar-refractivity contribution in [2.75, 3.05) is 7.11 Å². The highest BCUT2D eigenvalue weighted by molar-refractivity contribution is 6.30. The SMILES string of the molecule is COc1cc(CCC(=O)Oc2ccc3c(=O)c(Cl)coc3c2)on1. The lowest BCUT2D eigenvalue weighted by molar-refractivity contribution is -0.134. The Balaban J connectivity index is 1.66. The highest BCUT2D eigenvalue weighted by Crippen LogP contribution is 2.21. The zero-order valence-electron chi connectivity index (χ0n) is 12.6. The van der Waals surface area contributed by atoms with E-state index in [1.54, 1.807) is 6.07 Å². The Kier molecular flexibility index (Phi) is 4.52. The van der Waals surface area contributed by atoms with Crippen molar-refractivity contribution >= 4 is 28.5 Å². The highest BCUT2D eigenvalue weighted by Gasteiger charge is 2.11. The lowest BCUT2D eigenvalue weighted by Crippen LogP contribution is -2.09. The molecule has 3 rings (SSSR count). The molecule has 0 saturated heterocycles. The normalized spacial score (nSPS) is 10.8. The van der Waals surface area contributed by atoms with Gasteiger partial charge in [0.05, 0.1) is 18.9 Å². The number of aryl methyl sites for hydroxylation is 1. The molecular formula is C16H12ClNO6. The van der Waals surface area contributed by atoms with Crippen LogP contribution in [0, 0.1) is 0 Å². The molecule has 7 nitrogen and oxygen atoms in total. The van der Waals surface area contributed by atoms with Gasteiger partial charge >= 0.3 is 5.97 Å². The van der Waals surface area contributed by atoms with Crippen LogP contribution in [0.1, 0.15) is 12.2 Å². The molecule has 8 heteroatoms. The van der Waals surface area contributed by atoms with Crippen LogP contribution in [0.3, 0.4) is 0 Å². The number of hydrogen-bond donors (Lipinski definition) is 0. The summed E-state index contributed by atoms with van der Waals surface area (Å²) >= 11 is 5.71. The van der Waals surface area contributed by atoms with Gasteiger partial charge in [-0.3, -0.25) is 9.59 Å². The van der Waals surface area contributed by atoms with Crippen LogP contribution in [0.2, 0.25) is 5.02 Å². The average molecular weight is 350 g/mol. The summed E-state index contributed by atoms with van der Waals surface area (Å²) in [7, 11) is 1.47. The molecule has 24 heavy (non-hydrogen) atoms. The van der Waals surface area contributed by atoms with Gasteiger partial charge in [-0.25, -0.2) is 0 Å². The summed E-state index contributed by atoms with van der Waals surface area (Å²) in [4.78, 5) is 23.7. The van der Waals surface area contributed by atoms with Gasteiger partial charge in [0.1, 0.15) is 28.4 Å². The van der Waals surface area contributed by atoms with E-state index in [0.717, 1.165) is 6.26 Å². The number of benzene rings is 1. The van der Waals surface area contributed by atoms with Crippen molar-refractivity contribution in [2.45, 2.75) is 12.8 Å². The van der Waals surface area contributed by atoms with Gasteiger partial charge in [0.15, 0.2) is 0 Å². The standard InChI is InChI=1S/C16H12ClNO6/c1-21-14-7-10(24-18-14)3-5-15(19)23-9-2-4-11-13(6-9)22-8-12(17)16(11)20/h2,4,6-8H,3,5H2,1H3. The predicted octanol–water partition coefficient (Wildman–Crippen LogP) is 2.98. The second-order valence-electron chi connectivity index (χ2n) is 4.88. The molecule has 0 saturated carbocycles. The van der Waals surface area contributed by atoms with Crippen molar-refractivity contribution in [3.63, 3.8) is 0 Å². The molecule has 0 fully saturated rings. The molecule has 0 spiro atoms. The number of ether oxygens (including phenoxy) is 2. The lowest BCUT2D eigenvalue weighted by Gasteiger charge is -2.04. The summed E-state index contributed by atoms with van der Waals surface area (Å²) in [6.45, 7) is 0. The monoisotopic (exact) mass is 349 g/mol. The van der Waals surface area contributed by atoms with E-state index in [4.69, 9.17) is 30.0 Å². The number of hydrogen-bond acceptors (Lipinski definition) is 7. The fraction of sp³-hybridized carbons (Fsp3) is 0.188. The quantitative estimate of drug-likeness (QED) is 0.516. The number of rotatable bonds is 5. The van der Waals surface area contributed by atoms with Gasteiger partial charge in [-0.1, -0.05) is 11.6 Å². The molecule has 0 atom stereocenters. The summed E-state index contributed by atoms with van der Waals surface area (Å²) in [5, 5.41) is 3.95. The molecular weight excluding hydrogens is 338 g/mol. The van der Waals surface area contributed by atoms with Crippen molar-refractivity contribution in [1.29, 1.82) is 0 Å². The van der Waals surface area contributed by atoms with Crippen LogP contribution in [0.25, 0.3) is 11.0 Å². The molecule has 0 bridgehead atoms. The molecule has 0 aliphatic rings. The molecule has 0 unspecified atom stereocenters. The van der Waals surface area contributed by atoms with E-state index in [2.05, 4.69) is 5.16 Å². The molecule has 3 aromatic rings. The molecule has 2 aromatic heterocycles. The largest absolute Gasteiger partial charge is 0.479 e. The Morgan fingerprint density at radius 3 is 2.92 bits per heavy atom. The zero-order chi connectivity index (χ0) is 17.1. The summed E-state index contributed by atoms with van der Waals surface area (Å²) in [5.41, 5.74) is -0.0512. The summed E-state index contributed by atoms with van der Waals surface area (Å²) in [6.07, 6.45) is 1.57. The molecule has 2 heterocycles. The second kappa shape index (κ2) is 6.76. The number of carbonyl (C=O) groups is 1. The molecule has 0 aliphatic carbocycles. The number of fused-ring (bicyclic) bond motifs is 1. The minimum Gasteiger partial charge on any atom is -0.479 e. The minimum atomic E-state index is -0.457. The maximum absolute atomic E-state index is 11.9. The van der Waals surface area contributed by atoms with E-state index in [1.807, 2.05) is 0 Å². The molecule has 1 aromatic carbocycles. The van der Waals surface area contributed by atoms with Crippen molar-refractivity contribution < 1.29 is 23.2 Å². The van der Waals surface area contributed by atoms with Gasteiger partial charge in [-0.15, -0.1) is 0 Å². The molecule has 0 amide bonds. The first-order valence-corrected chi connectivity index (χ1v) is 7.36. The Morgan fingerprint density at radius 1 is 1.33 bits per heavy atom. The van der Waals surface area contributed by atoms with Crippen LogP contribution in [-0.2, 0) is 11.2 Å². The van der Waals surface area contributed by atoms with E-state index >= 15 is 0 Å². The van der Waals surface area contributed by atoms with Gasteiger partial charge in [-0.2, -0.15) is 0 Å². The maximum atomic E-state index is 11.9. The Hall–Kier alpha value is -2.80. The first-order valence-electron chi connectivity index (χ1n) is 6.98. The van der Waals surface area contributed by atoms with Crippen LogP contribution in [0.5, 0.6) is 11.6 Å². The van der Waals surface area contributed by atoms with E-state index in [9.17, 15) is 9.59 Å². The van der Waals surface area contributed by atoms with Crippen LogP contribution < -0.4 is 14.9 Å². The number of methoxy groups -OCH3 is 1. The van der Waals surface area contributed by atoms with E-state index in [-0.39, 0.29) is 28.2 Å². The van der Waals surface area contributed by atoms with E-state index in [1.165, 1.54) is 25.3 Å². The predicted molar refractivity (Wildman–Crippen MR) is 84.5 cm³/mol. The molecule has 0 N–H and O–H groups in total. The Bertz CT molecular complexity index is 945. The molecule has 0 aliphatic heterocycles. The first kappa shape index (κ1) is 16.1. The minimum absolute atomic E-state index is 0.00488. The summed E-state index contributed by atoms with van der Waals surface area (Å²) < 4.78 is 20.3. The topological polar surface area (TPSA) is 91.8 Å². The Morgan fingerprint density at radius 2 is 2.17 bits per heavy atom. The Labute approximate surface area is 140 Å². The van der Waals surface area contributed by atoms with Crippen molar-refractivity contribution in [3.05, 3.63) is 51.5 Å². The van der Waals surface area contributed by atoms with Crippen LogP contribution in [0.4, 0.5) is 0 Å². The number of nitrogens with zero attached hydrogens (tertiary/aromatic N) is 1.